The standard InChI is InChI=1S/C12H20N3O3.3ClH.Ti/c1-7(16)10-4-14-12(9(3)18)6-15-11(5-13-10)8(2)17;;;;/h10-14H,4-6H2,1-3H3;3*1H;/q-1;;;;+4/p-3. The van der Waals surface area contributed by atoms with Gasteiger partial charge in [-0.1, -0.05) is 6.04 Å². The van der Waals surface area contributed by atoms with Crippen molar-refractivity contribution in [3.63, 3.8) is 0 Å². The zero-order chi connectivity index (χ0) is 17.3. The predicted octanol–water partition coefficient (Wildman–Crippen LogP) is 1.49. The van der Waals surface area contributed by atoms with E-state index in [4.69, 9.17) is 27.9 Å². The minimum absolute atomic E-state index is 0.0194. The molecule has 0 saturated carbocycles. The summed E-state index contributed by atoms with van der Waals surface area (Å²) in [6.07, 6.45) is 0. The molecule has 0 aromatic rings. The van der Waals surface area contributed by atoms with Gasteiger partial charge in [0.2, 0.25) is 0 Å². The van der Waals surface area contributed by atoms with E-state index in [0.29, 0.717) is 13.1 Å². The molecule has 22 heavy (non-hydrogen) atoms. The van der Waals surface area contributed by atoms with Crippen molar-refractivity contribution in [1.82, 2.24) is 10.6 Å². The van der Waals surface area contributed by atoms with E-state index < -0.39 is 26.8 Å². The number of halogens is 3. The molecular weight excluding hydrogens is 388 g/mol. The van der Waals surface area contributed by atoms with E-state index in [1.54, 1.807) is 0 Å². The van der Waals surface area contributed by atoms with Gasteiger partial charge in [-0.15, -0.1) is 6.54 Å². The number of hydrogen-bond donors (Lipinski definition) is 2. The van der Waals surface area contributed by atoms with Crippen LogP contribution >= 0.6 is 27.9 Å². The third-order valence-electron chi connectivity index (χ3n) is 3.09. The number of carbonyl (C=O) groups excluding carboxylic acids is 3. The van der Waals surface area contributed by atoms with E-state index in [0.717, 1.165) is 0 Å². The summed E-state index contributed by atoms with van der Waals surface area (Å²) in [5.41, 5.74) is 0. The van der Waals surface area contributed by atoms with Crippen LogP contribution in [0.4, 0.5) is 0 Å². The molecule has 0 aromatic carbocycles. The molecular formula is C12H20Cl3N3O3Ti. The van der Waals surface area contributed by atoms with Gasteiger partial charge in [-0.2, -0.15) is 0 Å². The topological polar surface area (TPSA) is 89.4 Å². The zero-order valence-electron chi connectivity index (χ0n) is 12.7. The van der Waals surface area contributed by atoms with Crippen LogP contribution in [0.2, 0.25) is 0 Å². The number of ketones is 3. The molecule has 0 aromatic heterocycles. The Bertz CT molecular complexity index is 332. The molecule has 126 valence electrons. The van der Waals surface area contributed by atoms with Gasteiger partial charge in [0.05, 0.1) is 6.04 Å². The normalized spacial score (nSPS) is 25.6. The Morgan fingerprint density at radius 1 is 0.909 bits per heavy atom. The van der Waals surface area contributed by atoms with Gasteiger partial charge in [0.15, 0.2) is 0 Å². The van der Waals surface area contributed by atoms with Gasteiger partial charge in [-0.3, -0.25) is 9.59 Å². The fourth-order valence-electron chi connectivity index (χ4n) is 1.78. The van der Waals surface area contributed by atoms with Gasteiger partial charge < -0.3 is 20.7 Å². The molecule has 1 heterocycles. The monoisotopic (exact) mass is 407 g/mol. The van der Waals surface area contributed by atoms with Crippen LogP contribution in [-0.2, 0) is 29.1 Å². The average molecular weight is 409 g/mol. The molecule has 0 aliphatic carbocycles. The number of Topliss-reactive ketones (excluding diaryl/α,β-unsaturated/α-hetero) is 3. The minimum atomic E-state index is -1.92. The summed E-state index contributed by atoms with van der Waals surface area (Å²) in [5, 5.41) is 10.3. The number of hydrogen-bond acceptors (Lipinski definition) is 5. The van der Waals surface area contributed by atoms with E-state index in [-0.39, 0.29) is 29.9 Å². The van der Waals surface area contributed by atoms with Crippen molar-refractivity contribution < 1.29 is 29.1 Å². The molecule has 0 spiro atoms. The van der Waals surface area contributed by atoms with Crippen LogP contribution in [0.25, 0.3) is 5.32 Å². The van der Waals surface area contributed by atoms with Gasteiger partial charge in [0, 0.05) is 12.6 Å². The van der Waals surface area contributed by atoms with Crippen molar-refractivity contribution in [3.05, 3.63) is 5.32 Å². The Labute approximate surface area is 148 Å². The molecule has 1 fully saturated rings. The molecule has 0 amide bonds. The average Bonchev–Trinajstić information content (AvgIpc) is 2.47. The summed E-state index contributed by atoms with van der Waals surface area (Å²) in [5.74, 6) is -0.117. The molecule has 1 saturated heterocycles. The predicted molar refractivity (Wildman–Crippen MR) is 85.2 cm³/mol. The maximum atomic E-state index is 11.4. The summed E-state index contributed by atoms with van der Waals surface area (Å²) in [7, 11) is 14.9. The zero-order valence-corrected chi connectivity index (χ0v) is 16.5. The van der Waals surface area contributed by atoms with Crippen molar-refractivity contribution in [2.45, 2.75) is 38.9 Å². The SMILES string of the molecule is CC(=O)C1CNC(C(C)=O)CNC(C(C)=O)C[N-]1.[Cl][Ti+]([Cl])[Cl]. The van der Waals surface area contributed by atoms with Crippen LogP contribution < -0.4 is 10.6 Å². The van der Waals surface area contributed by atoms with E-state index in [9.17, 15) is 14.4 Å². The summed E-state index contributed by atoms with van der Waals surface area (Å²) in [6, 6.07) is -1.30. The first kappa shape index (κ1) is 22.5. The van der Waals surface area contributed by atoms with Crippen molar-refractivity contribution in [1.29, 1.82) is 0 Å². The second-order valence-electron chi connectivity index (χ2n) is 4.85. The Kier molecular flexibility index (Phi) is 12.2. The quantitative estimate of drug-likeness (QED) is 0.691. The Morgan fingerprint density at radius 3 is 1.77 bits per heavy atom. The first-order valence-corrected chi connectivity index (χ1v) is 13.1. The first-order chi connectivity index (χ1) is 10.1. The summed E-state index contributed by atoms with van der Waals surface area (Å²) in [4.78, 5) is 34.2. The van der Waals surface area contributed by atoms with E-state index in [1.165, 1.54) is 20.8 Å². The number of nitrogens with one attached hydrogen (secondary N) is 2. The second-order valence-corrected chi connectivity index (χ2v) is 12.6. The van der Waals surface area contributed by atoms with Crippen LogP contribution in [0.3, 0.4) is 0 Å². The van der Waals surface area contributed by atoms with Crippen molar-refractivity contribution in [2.75, 3.05) is 19.6 Å². The molecule has 1 aliphatic heterocycles. The fourth-order valence-corrected chi connectivity index (χ4v) is 1.78. The summed E-state index contributed by atoms with van der Waals surface area (Å²) in [6.45, 7) is 5.41. The van der Waals surface area contributed by atoms with E-state index >= 15 is 0 Å². The van der Waals surface area contributed by atoms with E-state index in [1.807, 2.05) is 0 Å². The number of nitrogens with zero attached hydrogens (tertiary/aromatic N) is 1. The molecule has 3 atom stereocenters. The molecule has 2 N–H and O–H groups in total. The maximum absolute atomic E-state index is 11.4. The Morgan fingerprint density at radius 2 is 1.36 bits per heavy atom. The molecule has 1 aliphatic rings. The molecule has 6 nitrogen and oxygen atoms in total. The van der Waals surface area contributed by atoms with Crippen molar-refractivity contribution in [2.24, 2.45) is 0 Å². The van der Waals surface area contributed by atoms with E-state index in [2.05, 4.69) is 16.0 Å². The van der Waals surface area contributed by atoms with Crippen LogP contribution in [0.1, 0.15) is 20.8 Å². The molecule has 10 heteroatoms. The number of carbonyl (C=O) groups is 3. The fraction of sp³-hybridized carbons (Fsp3) is 0.750. The van der Waals surface area contributed by atoms with Gasteiger partial charge in [0.1, 0.15) is 17.3 Å². The Balaban J connectivity index is 0.000000980. The van der Waals surface area contributed by atoms with Gasteiger partial charge in [-0.05, 0) is 27.3 Å². The van der Waals surface area contributed by atoms with Crippen LogP contribution in [0.15, 0.2) is 0 Å². The third kappa shape index (κ3) is 10.3. The second kappa shape index (κ2) is 11.9. The molecule has 0 bridgehead atoms. The van der Waals surface area contributed by atoms with Gasteiger partial charge in [-0.25, -0.2) is 0 Å². The Hall–Kier alpha value is 0.474. The van der Waals surface area contributed by atoms with Crippen molar-refractivity contribution in [3.8, 4) is 0 Å². The first-order valence-electron chi connectivity index (χ1n) is 6.63. The van der Waals surface area contributed by atoms with Crippen LogP contribution in [0.5, 0.6) is 0 Å². The van der Waals surface area contributed by atoms with Gasteiger partial charge in [0.25, 0.3) is 0 Å². The molecule has 1 rings (SSSR count). The third-order valence-corrected chi connectivity index (χ3v) is 3.09. The van der Waals surface area contributed by atoms with Crippen LogP contribution in [-0.4, -0.2) is 55.1 Å². The molecule has 0 radical (unpaired) electrons. The summed E-state index contributed by atoms with van der Waals surface area (Å²) < 4.78 is 0. The van der Waals surface area contributed by atoms with Crippen LogP contribution in [0, 0.1) is 0 Å². The molecule has 3 unspecified atom stereocenters. The van der Waals surface area contributed by atoms with Gasteiger partial charge >= 0.3 is 42.6 Å². The summed E-state index contributed by atoms with van der Waals surface area (Å²) >= 11 is -1.92. The number of rotatable bonds is 3. The van der Waals surface area contributed by atoms with Crippen molar-refractivity contribution >= 4 is 45.3 Å².